The molecule has 7 heteroatoms. The lowest BCUT2D eigenvalue weighted by Gasteiger charge is -2.13. The van der Waals surface area contributed by atoms with Crippen LogP contribution in [0.5, 0.6) is 0 Å². The molecule has 1 aromatic heterocycles. The lowest BCUT2D eigenvalue weighted by Crippen LogP contribution is -2.26. The normalized spacial score (nSPS) is 14.2. The number of amides is 1. The number of halogens is 1. The predicted molar refractivity (Wildman–Crippen MR) is 106 cm³/mol. The molecule has 0 atom stereocenters. The van der Waals surface area contributed by atoms with E-state index in [0.717, 1.165) is 17.7 Å². The molecule has 1 aromatic carbocycles. The first-order chi connectivity index (χ1) is 12.6. The summed E-state index contributed by atoms with van der Waals surface area (Å²) in [6, 6.07) is 5.80. The minimum Gasteiger partial charge on any atom is -0.355 e. The molecule has 0 fully saturated rings. The van der Waals surface area contributed by atoms with Gasteiger partial charge in [-0.25, -0.2) is 0 Å². The largest absolute Gasteiger partial charge is 0.355 e. The Morgan fingerprint density at radius 2 is 2.27 bits per heavy atom. The van der Waals surface area contributed by atoms with Gasteiger partial charge in [-0.15, -0.1) is 10.2 Å². The summed E-state index contributed by atoms with van der Waals surface area (Å²) in [5.74, 6) is 0.333. The molecule has 2 aromatic rings. The van der Waals surface area contributed by atoms with Gasteiger partial charge in [0.15, 0.2) is 5.16 Å². The van der Waals surface area contributed by atoms with Crippen LogP contribution in [-0.4, -0.2) is 33.0 Å². The van der Waals surface area contributed by atoms with E-state index in [2.05, 4.69) is 21.6 Å². The Balaban J connectivity index is 1.50. The van der Waals surface area contributed by atoms with Crippen LogP contribution in [0.4, 0.5) is 0 Å². The zero-order valence-electron chi connectivity index (χ0n) is 14.9. The topological polar surface area (TPSA) is 59.8 Å². The molecule has 0 aliphatic heterocycles. The molecule has 1 amide bonds. The Morgan fingerprint density at radius 3 is 3.04 bits per heavy atom. The number of nitrogens with one attached hydrogen (secondary N) is 1. The number of allylic oxidation sites excluding steroid dienone is 1. The number of benzene rings is 1. The standard InChI is InChI=1S/C19H23ClN4OS/c1-14-7-8-16(11-17(14)20)24-13-22-23-19(24)26-12-18(25)21-10-9-15-5-3-2-4-6-15/h5,7-8,11,13H,2-4,6,9-10,12H2,1H3,(H,21,25). The fourth-order valence-electron chi connectivity index (χ4n) is 2.91. The van der Waals surface area contributed by atoms with Gasteiger partial charge in [0.2, 0.25) is 5.91 Å². The van der Waals surface area contributed by atoms with E-state index in [1.54, 1.807) is 6.33 Å². The SMILES string of the molecule is Cc1ccc(-n2cnnc2SCC(=O)NCCC2=CCCCC2)cc1Cl. The Hall–Kier alpha value is -1.79. The quantitative estimate of drug-likeness (QED) is 0.564. The highest BCUT2D eigenvalue weighted by Crippen LogP contribution is 2.24. The number of nitrogens with zero attached hydrogens (tertiary/aromatic N) is 3. The zero-order chi connectivity index (χ0) is 18.4. The number of carbonyl (C=O) groups is 1. The Labute approximate surface area is 163 Å². The molecule has 5 nitrogen and oxygen atoms in total. The summed E-state index contributed by atoms with van der Waals surface area (Å²) in [4.78, 5) is 12.1. The summed E-state index contributed by atoms with van der Waals surface area (Å²) in [5.41, 5.74) is 3.38. The average molecular weight is 391 g/mol. The number of aromatic nitrogens is 3. The van der Waals surface area contributed by atoms with Crippen molar-refractivity contribution in [2.24, 2.45) is 0 Å². The molecule has 1 heterocycles. The summed E-state index contributed by atoms with van der Waals surface area (Å²) in [5, 5.41) is 12.4. The number of aryl methyl sites for hydroxylation is 1. The van der Waals surface area contributed by atoms with Gasteiger partial charge in [0.1, 0.15) is 6.33 Å². The first kappa shape index (κ1) is 19.0. The van der Waals surface area contributed by atoms with Crippen molar-refractivity contribution in [2.75, 3.05) is 12.3 Å². The maximum absolute atomic E-state index is 12.1. The van der Waals surface area contributed by atoms with Gasteiger partial charge in [-0.05, 0) is 56.7 Å². The smallest absolute Gasteiger partial charge is 0.230 e. The predicted octanol–water partition coefficient (Wildman–Crippen LogP) is 4.33. The Bertz CT molecular complexity index is 803. The van der Waals surface area contributed by atoms with Crippen LogP contribution in [0.3, 0.4) is 0 Å². The monoisotopic (exact) mass is 390 g/mol. The molecule has 0 unspecified atom stereocenters. The van der Waals surface area contributed by atoms with Gasteiger partial charge in [-0.2, -0.15) is 0 Å². The second-order valence-corrected chi connectivity index (χ2v) is 7.76. The van der Waals surface area contributed by atoms with E-state index in [4.69, 9.17) is 11.6 Å². The molecule has 3 rings (SSSR count). The molecule has 0 saturated heterocycles. The summed E-state index contributed by atoms with van der Waals surface area (Å²) in [6.07, 6.45) is 9.82. The minimum atomic E-state index is 0.0166. The first-order valence-corrected chi connectivity index (χ1v) is 10.2. The van der Waals surface area contributed by atoms with Gasteiger partial charge in [0.05, 0.1) is 11.4 Å². The van der Waals surface area contributed by atoms with Gasteiger partial charge in [0.25, 0.3) is 0 Å². The summed E-state index contributed by atoms with van der Waals surface area (Å²) in [6.45, 7) is 2.66. The van der Waals surface area contributed by atoms with E-state index >= 15 is 0 Å². The molecule has 138 valence electrons. The van der Waals surface area contributed by atoms with Crippen molar-refractivity contribution in [3.8, 4) is 5.69 Å². The second kappa shape index (κ2) is 9.24. The van der Waals surface area contributed by atoms with Crippen LogP contribution in [0.1, 0.15) is 37.7 Å². The Morgan fingerprint density at radius 1 is 1.38 bits per heavy atom. The minimum absolute atomic E-state index is 0.0166. The maximum Gasteiger partial charge on any atom is 0.230 e. The molecular weight excluding hydrogens is 368 g/mol. The Kier molecular flexibility index (Phi) is 6.74. The molecule has 26 heavy (non-hydrogen) atoms. The highest BCUT2D eigenvalue weighted by molar-refractivity contribution is 7.99. The molecule has 0 saturated carbocycles. The van der Waals surface area contributed by atoms with Gasteiger partial charge in [-0.3, -0.25) is 9.36 Å². The molecule has 1 aliphatic rings. The van der Waals surface area contributed by atoms with Gasteiger partial charge in [-0.1, -0.05) is 41.1 Å². The number of hydrogen-bond donors (Lipinski definition) is 1. The highest BCUT2D eigenvalue weighted by Gasteiger charge is 2.11. The third-order valence-corrected chi connectivity index (χ3v) is 5.79. The first-order valence-electron chi connectivity index (χ1n) is 8.87. The van der Waals surface area contributed by atoms with Crippen LogP contribution in [-0.2, 0) is 4.79 Å². The summed E-state index contributed by atoms with van der Waals surface area (Å²) in [7, 11) is 0. The second-order valence-electron chi connectivity index (χ2n) is 6.41. The average Bonchev–Trinajstić information content (AvgIpc) is 3.12. The van der Waals surface area contributed by atoms with Crippen LogP contribution >= 0.6 is 23.4 Å². The third-order valence-electron chi connectivity index (χ3n) is 4.44. The molecule has 1 N–H and O–H groups in total. The maximum atomic E-state index is 12.1. The van der Waals surface area contributed by atoms with Crippen molar-refractivity contribution in [3.63, 3.8) is 0 Å². The van der Waals surface area contributed by atoms with E-state index in [1.165, 1.54) is 43.0 Å². The zero-order valence-corrected chi connectivity index (χ0v) is 16.4. The molecular formula is C19H23ClN4OS. The fourth-order valence-corrected chi connectivity index (χ4v) is 3.84. The van der Waals surface area contributed by atoms with Crippen molar-refractivity contribution >= 4 is 29.3 Å². The van der Waals surface area contributed by atoms with Crippen LogP contribution in [0.15, 0.2) is 41.3 Å². The van der Waals surface area contributed by atoms with Crippen molar-refractivity contribution in [1.29, 1.82) is 0 Å². The number of rotatable bonds is 7. The molecule has 0 radical (unpaired) electrons. The van der Waals surface area contributed by atoms with Crippen LogP contribution in [0.25, 0.3) is 5.69 Å². The number of thioether (sulfide) groups is 1. The summed E-state index contributed by atoms with van der Waals surface area (Å²) < 4.78 is 1.84. The summed E-state index contributed by atoms with van der Waals surface area (Å²) >= 11 is 7.57. The highest BCUT2D eigenvalue weighted by atomic mass is 35.5. The molecule has 0 bridgehead atoms. The van der Waals surface area contributed by atoms with Crippen molar-refractivity contribution in [1.82, 2.24) is 20.1 Å². The van der Waals surface area contributed by atoms with E-state index < -0.39 is 0 Å². The van der Waals surface area contributed by atoms with E-state index in [0.29, 0.717) is 22.5 Å². The van der Waals surface area contributed by atoms with Crippen molar-refractivity contribution in [2.45, 2.75) is 44.2 Å². The van der Waals surface area contributed by atoms with E-state index in [1.807, 2.05) is 29.7 Å². The molecule has 1 aliphatic carbocycles. The lowest BCUT2D eigenvalue weighted by molar-refractivity contribution is -0.118. The number of hydrogen-bond acceptors (Lipinski definition) is 4. The number of carbonyl (C=O) groups excluding carboxylic acids is 1. The van der Waals surface area contributed by atoms with Crippen LogP contribution in [0, 0.1) is 6.92 Å². The van der Waals surface area contributed by atoms with Gasteiger partial charge in [0, 0.05) is 11.6 Å². The van der Waals surface area contributed by atoms with E-state index in [-0.39, 0.29) is 5.91 Å². The van der Waals surface area contributed by atoms with Crippen molar-refractivity contribution < 1.29 is 4.79 Å². The van der Waals surface area contributed by atoms with Crippen molar-refractivity contribution in [3.05, 3.63) is 46.8 Å². The van der Waals surface area contributed by atoms with E-state index in [9.17, 15) is 4.79 Å². The fraction of sp³-hybridized carbons (Fsp3) is 0.421. The van der Waals surface area contributed by atoms with Crippen LogP contribution in [0.2, 0.25) is 5.02 Å². The van der Waals surface area contributed by atoms with Gasteiger partial charge >= 0.3 is 0 Å². The lowest BCUT2D eigenvalue weighted by atomic mass is 9.97. The van der Waals surface area contributed by atoms with Gasteiger partial charge < -0.3 is 5.32 Å². The molecule has 0 spiro atoms. The van der Waals surface area contributed by atoms with Crippen LogP contribution < -0.4 is 5.32 Å². The third kappa shape index (κ3) is 5.11.